The minimum Gasteiger partial charge on any atom is -0.339 e. The summed E-state index contributed by atoms with van der Waals surface area (Å²) in [4.78, 5) is 16.8. The van der Waals surface area contributed by atoms with Crippen LogP contribution in [0.5, 0.6) is 0 Å². The molecule has 2 fully saturated rings. The molecule has 1 atom stereocenters. The van der Waals surface area contributed by atoms with Crippen LogP contribution in [-0.2, 0) is 4.79 Å². The van der Waals surface area contributed by atoms with Crippen LogP contribution < -0.4 is 5.32 Å². The Morgan fingerprint density at radius 2 is 1.83 bits per heavy atom. The van der Waals surface area contributed by atoms with Crippen molar-refractivity contribution in [3.05, 3.63) is 0 Å². The largest absolute Gasteiger partial charge is 0.339 e. The van der Waals surface area contributed by atoms with Crippen LogP contribution in [0.4, 0.5) is 0 Å². The predicted molar refractivity (Wildman–Crippen MR) is 73.5 cm³/mol. The van der Waals surface area contributed by atoms with Gasteiger partial charge >= 0.3 is 0 Å². The number of carbonyl (C=O) groups is 1. The summed E-state index contributed by atoms with van der Waals surface area (Å²) in [5.74, 6) is 0.310. The zero-order valence-corrected chi connectivity index (χ0v) is 11.8. The molecule has 1 aliphatic heterocycles. The molecule has 0 aromatic rings. The maximum atomic E-state index is 12.4. The lowest BCUT2D eigenvalue weighted by Gasteiger charge is -2.38. The van der Waals surface area contributed by atoms with Crippen LogP contribution in [-0.4, -0.2) is 61.0 Å². The first-order valence-electron chi connectivity index (χ1n) is 7.41. The molecule has 104 valence electrons. The van der Waals surface area contributed by atoms with Crippen molar-refractivity contribution in [2.24, 2.45) is 0 Å². The summed E-state index contributed by atoms with van der Waals surface area (Å²) in [6.45, 7) is 5.67. The summed E-state index contributed by atoms with van der Waals surface area (Å²) in [5, 5.41) is 3.29. The average molecular weight is 253 g/mol. The molecule has 1 unspecified atom stereocenters. The monoisotopic (exact) mass is 253 g/mol. The van der Waals surface area contributed by atoms with E-state index in [1.165, 1.54) is 32.1 Å². The molecule has 0 bridgehead atoms. The molecule has 1 heterocycles. The maximum Gasteiger partial charge on any atom is 0.239 e. The lowest BCUT2D eigenvalue weighted by atomic mass is 9.93. The van der Waals surface area contributed by atoms with Crippen molar-refractivity contribution in [1.82, 2.24) is 15.1 Å². The minimum absolute atomic E-state index is 0.0335. The molecule has 0 aromatic heterocycles. The Kier molecular flexibility index (Phi) is 5.01. The van der Waals surface area contributed by atoms with Gasteiger partial charge in [0.25, 0.3) is 0 Å². The Hall–Kier alpha value is -0.610. The molecule has 4 heteroatoms. The highest BCUT2D eigenvalue weighted by atomic mass is 16.2. The Morgan fingerprint density at radius 1 is 1.22 bits per heavy atom. The van der Waals surface area contributed by atoms with Crippen LogP contribution in [0.25, 0.3) is 0 Å². The molecule has 0 radical (unpaired) electrons. The van der Waals surface area contributed by atoms with Crippen molar-refractivity contribution in [1.29, 1.82) is 0 Å². The van der Waals surface area contributed by atoms with E-state index in [1.54, 1.807) is 0 Å². The van der Waals surface area contributed by atoms with Crippen molar-refractivity contribution in [3.63, 3.8) is 0 Å². The second-order valence-corrected chi connectivity index (χ2v) is 5.71. The summed E-state index contributed by atoms with van der Waals surface area (Å²) in [6.07, 6.45) is 6.53. The third-order valence-corrected chi connectivity index (χ3v) is 4.55. The van der Waals surface area contributed by atoms with Gasteiger partial charge in [0.05, 0.1) is 6.04 Å². The minimum atomic E-state index is 0.0335. The standard InChI is InChI=1S/C14H27N3O/c1-12(14(18)17-10-8-15-9-11-17)16(2)13-6-4-3-5-7-13/h12-13,15H,3-11H2,1-2H3. The normalized spacial score (nSPS) is 24.3. The number of hydrogen-bond donors (Lipinski definition) is 1. The molecule has 1 saturated heterocycles. The molecule has 1 saturated carbocycles. The topological polar surface area (TPSA) is 35.6 Å². The quantitative estimate of drug-likeness (QED) is 0.817. The number of rotatable bonds is 3. The van der Waals surface area contributed by atoms with Crippen LogP contribution in [0, 0.1) is 0 Å². The van der Waals surface area contributed by atoms with Gasteiger partial charge < -0.3 is 10.2 Å². The van der Waals surface area contributed by atoms with Gasteiger partial charge in [0.15, 0.2) is 0 Å². The summed E-state index contributed by atoms with van der Waals surface area (Å²) in [6, 6.07) is 0.645. The summed E-state index contributed by atoms with van der Waals surface area (Å²) in [7, 11) is 2.13. The van der Waals surface area contributed by atoms with Gasteiger partial charge in [-0.3, -0.25) is 9.69 Å². The van der Waals surface area contributed by atoms with Gasteiger partial charge in [0.2, 0.25) is 5.91 Å². The van der Waals surface area contributed by atoms with E-state index in [9.17, 15) is 4.79 Å². The van der Waals surface area contributed by atoms with Crippen molar-refractivity contribution in [2.45, 2.75) is 51.1 Å². The highest BCUT2D eigenvalue weighted by Crippen LogP contribution is 2.23. The van der Waals surface area contributed by atoms with Crippen LogP contribution in [0.3, 0.4) is 0 Å². The first-order chi connectivity index (χ1) is 8.70. The zero-order chi connectivity index (χ0) is 13.0. The molecule has 0 spiro atoms. The molecular weight excluding hydrogens is 226 g/mol. The molecule has 1 amide bonds. The molecule has 2 rings (SSSR count). The van der Waals surface area contributed by atoms with Crippen molar-refractivity contribution in [2.75, 3.05) is 33.2 Å². The third-order valence-electron chi connectivity index (χ3n) is 4.55. The average Bonchev–Trinajstić information content (AvgIpc) is 2.47. The van der Waals surface area contributed by atoms with E-state index in [0.717, 1.165) is 26.2 Å². The van der Waals surface area contributed by atoms with E-state index < -0.39 is 0 Å². The van der Waals surface area contributed by atoms with Gasteiger partial charge in [-0.25, -0.2) is 0 Å². The number of nitrogens with zero attached hydrogens (tertiary/aromatic N) is 2. The molecule has 18 heavy (non-hydrogen) atoms. The SMILES string of the molecule is CC(C(=O)N1CCNCC1)N(C)C1CCCCC1. The fourth-order valence-electron chi connectivity index (χ4n) is 3.13. The van der Waals surface area contributed by atoms with E-state index in [2.05, 4.69) is 24.2 Å². The van der Waals surface area contributed by atoms with Gasteiger partial charge in [-0.05, 0) is 26.8 Å². The first-order valence-corrected chi connectivity index (χ1v) is 7.41. The highest BCUT2D eigenvalue weighted by molar-refractivity contribution is 5.81. The molecule has 0 aromatic carbocycles. The van der Waals surface area contributed by atoms with Gasteiger partial charge in [0.1, 0.15) is 0 Å². The van der Waals surface area contributed by atoms with Crippen LogP contribution in [0.1, 0.15) is 39.0 Å². The second kappa shape index (κ2) is 6.53. The first kappa shape index (κ1) is 13.8. The molecular formula is C14H27N3O. The number of nitrogens with one attached hydrogen (secondary N) is 1. The molecule has 2 aliphatic rings. The second-order valence-electron chi connectivity index (χ2n) is 5.71. The number of amides is 1. The summed E-state index contributed by atoms with van der Waals surface area (Å²) >= 11 is 0. The maximum absolute atomic E-state index is 12.4. The fraction of sp³-hybridized carbons (Fsp3) is 0.929. The van der Waals surface area contributed by atoms with E-state index in [0.29, 0.717) is 11.9 Å². The lowest BCUT2D eigenvalue weighted by Crippen LogP contribution is -2.54. The van der Waals surface area contributed by atoms with E-state index in [1.807, 2.05) is 4.90 Å². The molecule has 1 N–H and O–H groups in total. The third kappa shape index (κ3) is 3.23. The van der Waals surface area contributed by atoms with Crippen molar-refractivity contribution >= 4 is 5.91 Å². The Labute approximate surface area is 111 Å². The van der Waals surface area contributed by atoms with Gasteiger partial charge in [-0.1, -0.05) is 19.3 Å². The van der Waals surface area contributed by atoms with E-state index in [4.69, 9.17) is 0 Å². The van der Waals surface area contributed by atoms with Crippen molar-refractivity contribution < 1.29 is 4.79 Å². The fourth-order valence-corrected chi connectivity index (χ4v) is 3.13. The smallest absolute Gasteiger partial charge is 0.239 e. The predicted octanol–water partition coefficient (Wildman–Crippen LogP) is 1.07. The lowest BCUT2D eigenvalue weighted by molar-refractivity contribution is -0.137. The number of hydrogen-bond acceptors (Lipinski definition) is 3. The van der Waals surface area contributed by atoms with Gasteiger partial charge in [0, 0.05) is 32.2 Å². The van der Waals surface area contributed by atoms with E-state index >= 15 is 0 Å². The number of piperazine rings is 1. The Bertz CT molecular complexity index is 270. The molecule has 4 nitrogen and oxygen atoms in total. The Balaban J connectivity index is 1.87. The van der Waals surface area contributed by atoms with Crippen LogP contribution in [0.2, 0.25) is 0 Å². The van der Waals surface area contributed by atoms with Gasteiger partial charge in [-0.2, -0.15) is 0 Å². The zero-order valence-electron chi connectivity index (χ0n) is 11.8. The number of carbonyl (C=O) groups excluding carboxylic acids is 1. The Morgan fingerprint density at radius 3 is 2.44 bits per heavy atom. The summed E-state index contributed by atoms with van der Waals surface area (Å²) in [5.41, 5.74) is 0. The molecule has 1 aliphatic carbocycles. The van der Waals surface area contributed by atoms with Crippen molar-refractivity contribution in [3.8, 4) is 0 Å². The highest BCUT2D eigenvalue weighted by Gasteiger charge is 2.29. The van der Waals surface area contributed by atoms with Crippen LogP contribution in [0.15, 0.2) is 0 Å². The van der Waals surface area contributed by atoms with Gasteiger partial charge in [-0.15, -0.1) is 0 Å². The van der Waals surface area contributed by atoms with E-state index in [-0.39, 0.29) is 6.04 Å². The summed E-state index contributed by atoms with van der Waals surface area (Å²) < 4.78 is 0. The van der Waals surface area contributed by atoms with Crippen LogP contribution >= 0.6 is 0 Å². The number of likely N-dealkylation sites (N-methyl/N-ethyl adjacent to an activating group) is 1.